The van der Waals surface area contributed by atoms with Crippen molar-refractivity contribution < 1.29 is 9.18 Å². The second-order valence-corrected chi connectivity index (χ2v) is 6.64. The number of fused-ring (bicyclic) bond motifs is 1. The van der Waals surface area contributed by atoms with Crippen LogP contribution in [0, 0.1) is 19.7 Å². The molecule has 3 aromatic carbocycles. The van der Waals surface area contributed by atoms with Crippen molar-refractivity contribution in [2.75, 3.05) is 5.32 Å². The van der Waals surface area contributed by atoms with Gasteiger partial charge in [-0.15, -0.1) is 0 Å². The Hall–Kier alpha value is -3.47. The number of carbonyl (C=O) groups is 1. The highest BCUT2D eigenvalue weighted by Gasteiger charge is 2.14. The van der Waals surface area contributed by atoms with Gasteiger partial charge in [-0.3, -0.25) is 9.89 Å². The quantitative estimate of drug-likeness (QED) is 0.526. The van der Waals surface area contributed by atoms with Gasteiger partial charge in [0.15, 0.2) is 5.82 Å². The molecule has 0 aliphatic rings. The number of carbonyl (C=O) groups excluding carboxylic acids is 1. The summed E-state index contributed by atoms with van der Waals surface area (Å²) in [6.07, 6.45) is 0. The Morgan fingerprint density at radius 1 is 0.963 bits per heavy atom. The molecule has 134 valence electrons. The molecule has 4 nitrogen and oxygen atoms in total. The van der Waals surface area contributed by atoms with Gasteiger partial charge in [0.2, 0.25) is 0 Å². The van der Waals surface area contributed by atoms with Gasteiger partial charge in [0.25, 0.3) is 5.91 Å². The second kappa shape index (κ2) is 6.68. The molecule has 0 saturated heterocycles. The van der Waals surface area contributed by atoms with Crippen molar-refractivity contribution in [1.29, 1.82) is 0 Å². The molecule has 0 fully saturated rings. The highest BCUT2D eigenvalue weighted by Crippen LogP contribution is 2.28. The zero-order valence-electron chi connectivity index (χ0n) is 15.0. The molecule has 2 N–H and O–H groups in total. The van der Waals surface area contributed by atoms with E-state index in [1.165, 1.54) is 23.3 Å². The molecule has 0 spiro atoms. The summed E-state index contributed by atoms with van der Waals surface area (Å²) in [4.78, 5) is 12.3. The van der Waals surface area contributed by atoms with Gasteiger partial charge >= 0.3 is 0 Å². The normalized spacial score (nSPS) is 10.9. The molecule has 5 heteroatoms. The van der Waals surface area contributed by atoms with E-state index in [2.05, 4.69) is 47.6 Å². The summed E-state index contributed by atoms with van der Waals surface area (Å²) in [6.45, 7) is 4.14. The van der Waals surface area contributed by atoms with E-state index < -0.39 is 11.7 Å². The van der Waals surface area contributed by atoms with Gasteiger partial charge < -0.3 is 5.32 Å². The van der Waals surface area contributed by atoms with Crippen LogP contribution in [-0.2, 0) is 0 Å². The fraction of sp³-hybridized carbons (Fsp3) is 0.0909. The van der Waals surface area contributed by atoms with Gasteiger partial charge in [0, 0.05) is 5.39 Å². The van der Waals surface area contributed by atoms with Crippen LogP contribution in [0.2, 0.25) is 0 Å². The Balaban J connectivity index is 1.67. The fourth-order valence-electron chi connectivity index (χ4n) is 3.26. The van der Waals surface area contributed by atoms with Gasteiger partial charge in [-0.25, -0.2) is 4.39 Å². The van der Waals surface area contributed by atoms with Crippen molar-refractivity contribution in [3.63, 3.8) is 0 Å². The number of benzene rings is 3. The lowest BCUT2D eigenvalue weighted by atomic mass is 10.00. The number of nitrogens with zero attached hydrogens (tertiary/aromatic N) is 1. The highest BCUT2D eigenvalue weighted by molar-refractivity contribution is 6.08. The minimum Gasteiger partial charge on any atom is -0.304 e. The number of hydrogen-bond acceptors (Lipinski definition) is 2. The fourth-order valence-corrected chi connectivity index (χ4v) is 3.26. The van der Waals surface area contributed by atoms with Crippen molar-refractivity contribution >= 4 is 22.6 Å². The van der Waals surface area contributed by atoms with Gasteiger partial charge in [0.1, 0.15) is 5.82 Å². The Morgan fingerprint density at radius 2 is 1.70 bits per heavy atom. The topological polar surface area (TPSA) is 57.8 Å². The standard InChI is InChI=1S/C22H18FN3O/c1-13-9-14(2)11-16(10-13)15-7-8-18-20(12-15)25-26-21(18)24-22(27)17-5-3-4-6-19(17)23/h3-12H,1-2H3,(H2,24,25,26,27). The molecular formula is C22H18FN3O. The molecule has 0 saturated carbocycles. The molecule has 27 heavy (non-hydrogen) atoms. The number of H-pyrrole nitrogens is 1. The number of aromatic amines is 1. The lowest BCUT2D eigenvalue weighted by molar-refractivity contribution is 0.102. The molecule has 1 amide bonds. The first kappa shape index (κ1) is 17.0. The van der Waals surface area contributed by atoms with E-state index in [1.807, 2.05) is 18.2 Å². The van der Waals surface area contributed by atoms with Crippen LogP contribution in [-0.4, -0.2) is 16.1 Å². The van der Waals surface area contributed by atoms with Gasteiger partial charge in [-0.1, -0.05) is 47.5 Å². The van der Waals surface area contributed by atoms with Crippen molar-refractivity contribution in [1.82, 2.24) is 10.2 Å². The van der Waals surface area contributed by atoms with Crippen LogP contribution in [0.3, 0.4) is 0 Å². The second-order valence-electron chi connectivity index (χ2n) is 6.64. The maximum atomic E-state index is 13.8. The first-order valence-corrected chi connectivity index (χ1v) is 8.64. The van der Waals surface area contributed by atoms with Crippen LogP contribution in [0.5, 0.6) is 0 Å². The molecule has 0 unspecified atom stereocenters. The van der Waals surface area contributed by atoms with E-state index in [0.29, 0.717) is 5.82 Å². The SMILES string of the molecule is Cc1cc(C)cc(-c2ccc3c(NC(=O)c4ccccc4F)n[nH]c3c2)c1. The van der Waals surface area contributed by atoms with Crippen LogP contribution >= 0.6 is 0 Å². The van der Waals surface area contributed by atoms with Crippen molar-refractivity contribution in [2.45, 2.75) is 13.8 Å². The van der Waals surface area contributed by atoms with Crippen LogP contribution in [0.15, 0.2) is 60.7 Å². The van der Waals surface area contributed by atoms with Crippen LogP contribution in [0.25, 0.3) is 22.0 Å². The smallest absolute Gasteiger partial charge is 0.259 e. The van der Waals surface area contributed by atoms with Crippen LogP contribution in [0.1, 0.15) is 21.5 Å². The Kier molecular flexibility index (Phi) is 4.20. The number of rotatable bonds is 3. The summed E-state index contributed by atoms with van der Waals surface area (Å²) < 4.78 is 13.8. The minimum absolute atomic E-state index is 0.0134. The largest absolute Gasteiger partial charge is 0.304 e. The van der Waals surface area contributed by atoms with E-state index in [0.717, 1.165) is 22.0 Å². The predicted molar refractivity (Wildman–Crippen MR) is 105 cm³/mol. The zero-order chi connectivity index (χ0) is 19.0. The molecule has 1 aromatic heterocycles. The lowest BCUT2D eigenvalue weighted by Gasteiger charge is -2.06. The van der Waals surface area contributed by atoms with E-state index in [-0.39, 0.29) is 5.56 Å². The first-order chi connectivity index (χ1) is 13.0. The van der Waals surface area contributed by atoms with E-state index >= 15 is 0 Å². The summed E-state index contributed by atoms with van der Waals surface area (Å²) in [5.41, 5.74) is 5.38. The molecule has 1 heterocycles. The average Bonchev–Trinajstić information content (AvgIpc) is 3.03. The molecule has 4 rings (SSSR count). The van der Waals surface area contributed by atoms with Crippen LogP contribution < -0.4 is 5.32 Å². The van der Waals surface area contributed by atoms with Crippen LogP contribution in [0.4, 0.5) is 10.2 Å². The monoisotopic (exact) mass is 359 g/mol. The molecule has 0 aliphatic heterocycles. The summed E-state index contributed by atoms with van der Waals surface area (Å²) in [5.74, 6) is -0.711. The molecule has 0 bridgehead atoms. The lowest BCUT2D eigenvalue weighted by Crippen LogP contribution is -2.14. The maximum Gasteiger partial charge on any atom is 0.259 e. The third-order valence-electron chi connectivity index (χ3n) is 4.47. The van der Waals surface area contributed by atoms with Gasteiger partial charge in [-0.2, -0.15) is 5.10 Å². The van der Waals surface area contributed by atoms with E-state index in [9.17, 15) is 9.18 Å². The highest BCUT2D eigenvalue weighted by atomic mass is 19.1. The number of nitrogens with one attached hydrogen (secondary N) is 2. The number of anilines is 1. The average molecular weight is 359 g/mol. The van der Waals surface area contributed by atoms with Crippen molar-refractivity contribution in [2.24, 2.45) is 0 Å². The summed E-state index contributed by atoms with van der Waals surface area (Å²) in [6, 6.07) is 18.2. The van der Waals surface area contributed by atoms with E-state index in [1.54, 1.807) is 12.1 Å². The maximum absolute atomic E-state index is 13.8. The zero-order valence-corrected chi connectivity index (χ0v) is 15.0. The third-order valence-corrected chi connectivity index (χ3v) is 4.47. The Morgan fingerprint density at radius 3 is 2.44 bits per heavy atom. The van der Waals surface area contributed by atoms with Gasteiger partial charge in [-0.05, 0) is 49.2 Å². The number of amides is 1. The number of aromatic nitrogens is 2. The Bertz CT molecular complexity index is 1140. The number of halogens is 1. The Labute approximate surface area is 156 Å². The van der Waals surface area contributed by atoms with Gasteiger partial charge in [0.05, 0.1) is 11.1 Å². The predicted octanol–water partition coefficient (Wildman–Crippen LogP) is 5.24. The molecule has 0 aliphatic carbocycles. The number of hydrogen-bond donors (Lipinski definition) is 2. The molecule has 0 atom stereocenters. The third kappa shape index (κ3) is 3.31. The molecule has 4 aromatic rings. The summed E-state index contributed by atoms with van der Waals surface area (Å²) in [7, 11) is 0. The van der Waals surface area contributed by atoms with Crippen molar-refractivity contribution in [3.05, 3.63) is 83.2 Å². The van der Waals surface area contributed by atoms with Crippen molar-refractivity contribution in [3.8, 4) is 11.1 Å². The molecular weight excluding hydrogens is 341 g/mol. The summed E-state index contributed by atoms with van der Waals surface area (Å²) in [5, 5.41) is 10.6. The van der Waals surface area contributed by atoms with E-state index in [4.69, 9.17) is 0 Å². The summed E-state index contributed by atoms with van der Waals surface area (Å²) >= 11 is 0. The number of aryl methyl sites for hydroxylation is 2. The minimum atomic E-state index is -0.563. The molecule has 0 radical (unpaired) electrons. The first-order valence-electron chi connectivity index (χ1n) is 8.64.